The lowest BCUT2D eigenvalue weighted by Gasteiger charge is -2.44. The van der Waals surface area contributed by atoms with Gasteiger partial charge in [0.25, 0.3) is 0 Å². The lowest BCUT2D eigenvalue weighted by Crippen LogP contribution is -2.67. The molecule has 0 bridgehead atoms. The molecular weight excluding hydrogens is 284 g/mol. The van der Waals surface area contributed by atoms with E-state index in [4.69, 9.17) is 0 Å². The van der Waals surface area contributed by atoms with Gasteiger partial charge in [-0.25, -0.2) is 0 Å². The molecule has 1 saturated heterocycles. The van der Waals surface area contributed by atoms with Gasteiger partial charge in [0.2, 0.25) is 11.8 Å². The highest BCUT2D eigenvalue weighted by atomic mass is 32.1. The predicted molar refractivity (Wildman–Crippen MR) is 85.2 cm³/mol. The number of aryl methyl sites for hydroxylation is 1. The summed E-state index contributed by atoms with van der Waals surface area (Å²) < 4.78 is 0. The Hall–Kier alpha value is -1.36. The van der Waals surface area contributed by atoms with Crippen molar-refractivity contribution in [2.45, 2.75) is 65.1 Å². The topological polar surface area (TPSA) is 49.4 Å². The second kappa shape index (κ2) is 6.18. The number of thiophene rings is 1. The van der Waals surface area contributed by atoms with Gasteiger partial charge in [-0.3, -0.25) is 9.59 Å². The molecule has 1 aliphatic heterocycles. The Kier molecular flexibility index (Phi) is 4.71. The number of nitrogens with zero attached hydrogens (tertiary/aromatic N) is 1. The summed E-state index contributed by atoms with van der Waals surface area (Å²) in [5, 5.41) is 2.86. The van der Waals surface area contributed by atoms with E-state index in [0.29, 0.717) is 13.0 Å². The van der Waals surface area contributed by atoms with Crippen molar-refractivity contribution in [3.63, 3.8) is 0 Å². The summed E-state index contributed by atoms with van der Waals surface area (Å²) in [5.41, 5.74) is -0.794. The maximum Gasteiger partial charge on any atom is 0.246 e. The monoisotopic (exact) mass is 308 g/mol. The summed E-state index contributed by atoms with van der Waals surface area (Å²) in [6, 6.07) is 3.79. The van der Waals surface area contributed by atoms with E-state index in [1.165, 1.54) is 4.88 Å². The van der Waals surface area contributed by atoms with Gasteiger partial charge in [-0.15, -0.1) is 11.3 Å². The first-order valence-electron chi connectivity index (χ1n) is 7.60. The van der Waals surface area contributed by atoms with Gasteiger partial charge in [-0.1, -0.05) is 20.3 Å². The Balaban J connectivity index is 2.23. The summed E-state index contributed by atoms with van der Waals surface area (Å²) in [7, 11) is 0. The van der Waals surface area contributed by atoms with Crippen LogP contribution in [-0.2, 0) is 22.6 Å². The third kappa shape index (κ3) is 3.12. The minimum absolute atomic E-state index is 0.0351. The first-order chi connectivity index (χ1) is 9.90. The van der Waals surface area contributed by atoms with Crippen molar-refractivity contribution in [3.05, 3.63) is 21.9 Å². The Labute approximate surface area is 130 Å². The Bertz CT molecular complexity index is 536. The molecule has 1 fully saturated rings. The van der Waals surface area contributed by atoms with Crippen LogP contribution in [0.3, 0.4) is 0 Å². The van der Waals surface area contributed by atoms with E-state index in [0.717, 1.165) is 17.7 Å². The molecule has 1 aliphatic rings. The van der Waals surface area contributed by atoms with Gasteiger partial charge in [0.1, 0.15) is 11.6 Å². The second-order valence-corrected chi connectivity index (χ2v) is 7.27. The van der Waals surface area contributed by atoms with Crippen LogP contribution in [0.1, 0.15) is 50.3 Å². The van der Waals surface area contributed by atoms with Gasteiger partial charge in [-0.2, -0.15) is 0 Å². The zero-order valence-corrected chi connectivity index (χ0v) is 14.0. The number of hydrogen-bond donors (Lipinski definition) is 1. The molecule has 4 nitrogen and oxygen atoms in total. The maximum absolute atomic E-state index is 12.7. The molecule has 2 rings (SSSR count). The van der Waals surface area contributed by atoms with E-state index in [-0.39, 0.29) is 17.9 Å². The Morgan fingerprint density at radius 2 is 1.90 bits per heavy atom. The third-order valence-electron chi connectivity index (χ3n) is 4.06. The smallest absolute Gasteiger partial charge is 0.246 e. The molecule has 5 heteroatoms. The number of nitrogens with one attached hydrogen (secondary N) is 1. The highest BCUT2D eigenvalue weighted by molar-refractivity contribution is 7.11. The zero-order chi connectivity index (χ0) is 15.6. The van der Waals surface area contributed by atoms with Crippen LogP contribution in [0.4, 0.5) is 0 Å². The van der Waals surface area contributed by atoms with Crippen LogP contribution in [0.2, 0.25) is 0 Å². The largest absolute Gasteiger partial charge is 0.342 e. The van der Waals surface area contributed by atoms with Crippen LogP contribution in [0.25, 0.3) is 0 Å². The molecule has 0 aromatic carbocycles. The van der Waals surface area contributed by atoms with E-state index in [1.807, 2.05) is 20.8 Å². The highest BCUT2D eigenvalue weighted by Gasteiger charge is 2.45. The standard InChI is InChI=1S/C16H24N2O2S/c1-5-7-13-14(19)18(16(3,4)15(20)17-13)10-12-9-8-11(6-2)21-12/h8-9,13H,5-7,10H2,1-4H3,(H,17,20). The van der Waals surface area contributed by atoms with Gasteiger partial charge in [0, 0.05) is 9.75 Å². The van der Waals surface area contributed by atoms with E-state index in [9.17, 15) is 9.59 Å². The van der Waals surface area contributed by atoms with Gasteiger partial charge in [0.15, 0.2) is 0 Å². The summed E-state index contributed by atoms with van der Waals surface area (Å²) in [6.45, 7) is 8.30. The van der Waals surface area contributed by atoms with Crippen LogP contribution in [0.5, 0.6) is 0 Å². The van der Waals surface area contributed by atoms with Crippen molar-refractivity contribution in [1.82, 2.24) is 10.2 Å². The number of amides is 2. The summed E-state index contributed by atoms with van der Waals surface area (Å²) in [6.07, 6.45) is 2.58. The van der Waals surface area contributed by atoms with Crippen LogP contribution in [0.15, 0.2) is 12.1 Å². The number of rotatable bonds is 5. The van der Waals surface area contributed by atoms with Crippen molar-refractivity contribution in [2.75, 3.05) is 0 Å². The number of carbonyl (C=O) groups is 2. The fraction of sp³-hybridized carbons (Fsp3) is 0.625. The SMILES string of the molecule is CCCC1NC(=O)C(C)(C)N(Cc2ccc(CC)s2)C1=O. The first-order valence-corrected chi connectivity index (χ1v) is 8.41. The van der Waals surface area contributed by atoms with Crippen LogP contribution in [-0.4, -0.2) is 28.3 Å². The average molecular weight is 308 g/mol. The highest BCUT2D eigenvalue weighted by Crippen LogP contribution is 2.27. The van der Waals surface area contributed by atoms with Crippen LogP contribution >= 0.6 is 11.3 Å². The van der Waals surface area contributed by atoms with Gasteiger partial charge < -0.3 is 10.2 Å². The van der Waals surface area contributed by atoms with E-state index >= 15 is 0 Å². The molecular formula is C16H24N2O2S. The molecule has 0 saturated carbocycles. The van der Waals surface area contributed by atoms with Crippen molar-refractivity contribution >= 4 is 23.2 Å². The molecule has 2 amide bonds. The molecule has 116 valence electrons. The molecule has 1 aromatic rings. The Morgan fingerprint density at radius 3 is 2.48 bits per heavy atom. The van der Waals surface area contributed by atoms with Gasteiger partial charge in [-0.05, 0) is 38.8 Å². The second-order valence-electron chi connectivity index (χ2n) is 6.02. The van der Waals surface area contributed by atoms with Gasteiger partial charge >= 0.3 is 0 Å². The number of piperazine rings is 1. The molecule has 1 atom stereocenters. The molecule has 0 radical (unpaired) electrons. The van der Waals surface area contributed by atoms with Crippen molar-refractivity contribution < 1.29 is 9.59 Å². The van der Waals surface area contributed by atoms with Gasteiger partial charge in [0.05, 0.1) is 6.54 Å². The van der Waals surface area contributed by atoms with Crippen molar-refractivity contribution in [1.29, 1.82) is 0 Å². The molecule has 1 unspecified atom stereocenters. The first kappa shape index (κ1) is 16.0. The number of carbonyl (C=O) groups excluding carboxylic acids is 2. The summed E-state index contributed by atoms with van der Waals surface area (Å²) in [5.74, 6) is -0.0271. The van der Waals surface area contributed by atoms with E-state index in [2.05, 4.69) is 24.4 Å². The molecule has 1 N–H and O–H groups in total. The lowest BCUT2D eigenvalue weighted by atomic mass is 9.94. The summed E-state index contributed by atoms with van der Waals surface area (Å²) >= 11 is 1.72. The molecule has 0 aliphatic carbocycles. The van der Waals surface area contributed by atoms with Crippen LogP contribution in [0, 0.1) is 0 Å². The average Bonchev–Trinajstić information content (AvgIpc) is 2.89. The van der Waals surface area contributed by atoms with Crippen molar-refractivity contribution in [3.8, 4) is 0 Å². The normalized spacial score (nSPS) is 21.5. The van der Waals surface area contributed by atoms with E-state index in [1.54, 1.807) is 16.2 Å². The minimum atomic E-state index is -0.794. The molecule has 2 heterocycles. The molecule has 1 aromatic heterocycles. The lowest BCUT2D eigenvalue weighted by molar-refractivity contribution is -0.156. The van der Waals surface area contributed by atoms with E-state index < -0.39 is 5.54 Å². The maximum atomic E-state index is 12.7. The minimum Gasteiger partial charge on any atom is -0.342 e. The third-order valence-corrected chi connectivity index (χ3v) is 5.27. The molecule has 0 spiro atoms. The summed E-state index contributed by atoms with van der Waals surface area (Å²) in [4.78, 5) is 29.2. The zero-order valence-electron chi connectivity index (χ0n) is 13.2. The fourth-order valence-electron chi connectivity index (χ4n) is 2.60. The van der Waals surface area contributed by atoms with Crippen molar-refractivity contribution in [2.24, 2.45) is 0 Å². The predicted octanol–water partition coefficient (Wildman–Crippen LogP) is 2.72. The fourth-order valence-corrected chi connectivity index (χ4v) is 3.54. The molecule has 21 heavy (non-hydrogen) atoms. The number of hydrogen-bond acceptors (Lipinski definition) is 3. The quantitative estimate of drug-likeness (QED) is 0.909. The Morgan fingerprint density at radius 1 is 1.24 bits per heavy atom. The van der Waals surface area contributed by atoms with Crippen LogP contribution < -0.4 is 5.32 Å².